The predicted molar refractivity (Wildman–Crippen MR) is 126 cm³/mol. The van der Waals surface area contributed by atoms with Gasteiger partial charge in [0.1, 0.15) is 6.04 Å². The first-order chi connectivity index (χ1) is 14.1. The van der Waals surface area contributed by atoms with Crippen LogP contribution in [-0.2, 0) is 16.0 Å². The smallest absolute Gasteiger partial charge is 0.326 e. The van der Waals surface area contributed by atoms with Crippen molar-refractivity contribution in [2.24, 2.45) is 0 Å². The summed E-state index contributed by atoms with van der Waals surface area (Å²) in [7, 11) is 0. The Labute approximate surface area is 205 Å². The first kappa shape index (κ1) is 29.2. The van der Waals surface area contributed by atoms with E-state index in [1.54, 1.807) is 0 Å². The Morgan fingerprint density at radius 2 is 1.27 bits per heavy atom. The van der Waals surface area contributed by atoms with E-state index < -0.39 is 12.0 Å². The van der Waals surface area contributed by atoms with Gasteiger partial charge in [-0.25, -0.2) is 4.79 Å². The molecule has 1 aromatic carbocycles. The molecular weight excluding hydrogens is 385 g/mol. The number of rotatable bonds is 18. The average Bonchev–Trinajstić information content (AvgIpc) is 2.71. The number of nitrogens with one attached hydrogen (secondary N) is 1. The Bertz CT molecular complexity index is 551. The number of carbonyl (C=O) groups excluding carboxylic acids is 1. The minimum Gasteiger partial charge on any atom is -0.480 e. The maximum atomic E-state index is 12.1. The van der Waals surface area contributed by atoms with Crippen LogP contribution < -0.4 is 5.32 Å². The van der Waals surface area contributed by atoms with Gasteiger partial charge in [0.15, 0.2) is 0 Å². The third-order valence-corrected chi connectivity index (χ3v) is 5.42. The second kappa shape index (κ2) is 20.1. The molecule has 1 atom stereocenters. The molecule has 2 N–H and O–H groups in total. The Morgan fingerprint density at radius 3 is 1.73 bits per heavy atom. The van der Waals surface area contributed by atoms with Crippen LogP contribution in [0.1, 0.15) is 102 Å². The van der Waals surface area contributed by atoms with Crippen LogP contribution in [0.4, 0.5) is 0 Å². The monoisotopic (exact) mass is 426 g/mol. The van der Waals surface area contributed by atoms with E-state index >= 15 is 0 Å². The van der Waals surface area contributed by atoms with Crippen LogP contribution >= 0.6 is 0 Å². The third kappa shape index (κ3) is 15.9. The molecule has 165 valence electrons. The molecule has 1 radical (unpaired) electrons. The van der Waals surface area contributed by atoms with E-state index in [4.69, 9.17) is 0 Å². The summed E-state index contributed by atoms with van der Waals surface area (Å²) < 4.78 is 0. The minimum atomic E-state index is -0.979. The van der Waals surface area contributed by atoms with Gasteiger partial charge in [-0.15, -0.1) is 0 Å². The normalized spacial score (nSPS) is 11.5. The third-order valence-electron chi connectivity index (χ3n) is 5.42. The molecule has 0 saturated heterocycles. The molecule has 1 aromatic rings. The Kier molecular flexibility index (Phi) is 19.5. The molecular formula is C25H41NNaO3. The number of hydrogen-bond donors (Lipinski definition) is 2. The van der Waals surface area contributed by atoms with Crippen LogP contribution in [0, 0.1) is 0 Å². The second-order valence-electron chi connectivity index (χ2n) is 8.14. The zero-order chi connectivity index (χ0) is 21.2. The van der Waals surface area contributed by atoms with Crippen LogP contribution in [0.5, 0.6) is 0 Å². The molecule has 0 saturated carbocycles. The van der Waals surface area contributed by atoms with E-state index in [-0.39, 0.29) is 35.5 Å². The van der Waals surface area contributed by atoms with Gasteiger partial charge in [-0.1, -0.05) is 114 Å². The van der Waals surface area contributed by atoms with E-state index in [2.05, 4.69) is 12.2 Å². The van der Waals surface area contributed by atoms with Crippen molar-refractivity contribution >= 4 is 41.4 Å². The van der Waals surface area contributed by atoms with Crippen LogP contribution in [0.25, 0.3) is 0 Å². The van der Waals surface area contributed by atoms with Gasteiger partial charge in [0.25, 0.3) is 0 Å². The van der Waals surface area contributed by atoms with Crippen molar-refractivity contribution in [3.8, 4) is 0 Å². The summed E-state index contributed by atoms with van der Waals surface area (Å²) in [5.74, 6) is -1.14. The second-order valence-corrected chi connectivity index (χ2v) is 8.14. The Balaban J connectivity index is 0.00000841. The standard InChI is InChI=1S/C25H41NO3.Na/c1-2-3-4-5-6-7-8-9-10-11-12-13-17-20-24(27)26-23(25(28)29)21-22-18-15-14-16-19-22;/h14-16,18-19,23H,2-13,17,20-21H2,1H3,(H,26,27)(H,28,29);/t23-;/m0./s1. The maximum absolute atomic E-state index is 12.1. The van der Waals surface area contributed by atoms with E-state index in [0.717, 1.165) is 24.8 Å². The molecule has 30 heavy (non-hydrogen) atoms. The summed E-state index contributed by atoms with van der Waals surface area (Å²) >= 11 is 0. The summed E-state index contributed by atoms with van der Waals surface area (Å²) in [6.45, 7) is 2.26. The summed E-state index contributed by atoms with van der Waals surface area (Å²) in [4.78, 5) is 23.5. The average molecular weight is 427 g/mol. The molecule has 5 heteroatoms. The van der Waals surface area contributed by atoms with Crippen LogP contribution in [0.15, 0.2) is 30.3 Å². The van der Waals surface area contributed by atoms with Gasteiger partial charge in [0.05, 0.1) is 0 Å². The Hall–Kier alpha value is -0.840. The van der Waals surface area contributed by atoms with E-state index in [0.29, 0.717) is 12.8 Å². The summed E-state index contributed by atoms with van der Waals surface area (Å²) in [6.07, 6.45) is 17.2. The fourth-order valence-corrected chi connectivity index (χ4v) is 3.62. The minimum absolute atomic E-state index is 0. The van der Waals surface area contributed by atoms with Crippen molar-refractivity contribution in [2.45, 2.75) is 109 Å². The van der Waals surface area contributed by atoms with Crippen molar-refractivity contribution < 1.29 is 14.7 Å². The maximum Gasteiger partial charge on any atom is 0.326 e. The zero-order valence-electron chi connectivity index (χ0n) is 19.3. The number of carbonyl (C=O) groups is 2. The van der Waals surface area contributed by atoms with Crippen molar-refractivity contribution in [1.29, 1.82) is 0 Å². The first-order valence-corrected chi connectivity index (χ1v) is 11.7. The molecule has 4 nitrogen and oxygen atoms in total. The van der Waals surface area contributed by atoms with Crippen LogP contribution in [0.2, 0.25) is 0 Å². The van der Waals surface area contributed by atoms with Gasteiger partial charge in [-0.05, 0) is 12.0 Å². The van der Waals surface area contributed by atoms with Gasteiger partial charge in [0, 0.05) is 42.4 Å². The van der Waals surface area contributed by atoms with E-state index in [1.165, 1.54) is 64.2 Å². The number of amides is 1. The molecule has 0 fully saturated rings. The Morgan fingerprint density at radius 1 is 0.800 bits per heavy atom. The zero-order valence-corrected chi connectivity index (χ0v) is 21.3. The molecule has 0 aromatic heterocycles. The number of aliphatic carboxylic acids is 1. The quantitative estimate of drug-likeness (QED) is 0.227. The molecule has 0 aliphatic carbocycles. The first-order valence-electron chi connectivity index (χ1n) is 11.7. The molecule has 1 rings (SSSR count). The molecule has 0 spiro atoms. The van der Waals surface area contributed by atoms with Crippen LogP contribution in [0.3, 0.4) is 0 Å². The van der Waals surface area contributed by atoms with Gasteiger partial charge >= 0.3 is 5.97 Å². The van der Waals surface area contributed by atoms with Gasteiger partial charge in [-0.3, -0.25) is 4.79 Å². The fraction of sp³-hybridized carbons (Fsp3) is 0.680. The predicted octanol–water partition coefficient (Wildman–Crippen LogP) is 5.90. The number of hydrogen-bond acceptors (Lipinski definition) is 2. The summed E-state index contributed by atoms with van der Waals surface area (Å²) in [5.41, 5.74) is 0.918. The fourth-order valence-electron chi connectivity index (χ4n) is 3.62. The SMILES string of the molecule is CCCCCCCCCCCCCCCC(=O)N[C@@H](Cc1ccccc1)C(=O)O.[Na]. The number of benzene rings is 1. The molecule has 1 amide bonds. The van der Waals surface area contributed by atoms with Crippen molar-refractivity contribution in [3.05, 3.63) is 35.9 Å². The van der Waals surface area contributed by atoms with E-state index in [9.17, 15) is 14.7 Å². The number of unbranched alkanes of at least 4 members (excludes halogenated alkanes) is 12. The molecule has 0 aliphatic rings. The van der Waals surface area contributed by atoms with E-state index in [1.807, 2.05) is 30.3 Å². The van der Waals surface area contributed by atoms with Crippen LogP contribution in [-0.4, -0.2) is 52.6 Å². The number of carboxylic acid groups (broad SMARTS) is 1. The van der Waals surface area contributed by atoms with Crippen molar-refractivity contribution in [2.75, 3.05) is 0 Å². The molecule has 0 unspecified atom stereocenters. The van der Waals surface area contributed by atoms with Crippen molar-refractivity contribution in [3.63, 3.8) is 0 Å². The topological polar surface area (TPSA) is 66.4 Å². The molecule has 0 aliphatic heterocycles. The van der Waals surface area contributed by atoms with Gasteiger partial charge in [-0.2, -0.15) is 0 Å². The molecule has 0 bridgehead atoms. The number of carboxylic acids is 1. The van der Waals surface area contributed by atoms with Gasteiger partial charge in [0.2, 0.25) is 5.91 Å². The van der Waals surface area contributed by atoms with Gasteiger partial charge < -0.3 is 10.4 Å². The summed E-state index contributed by atoms with van der Waals surface area (Å²) in [5, 5.41) is 12.0. The molecule has 0 heterocycles. The van der Waals surface area contributed by atoms with Crippen molar-refractivity contribution in [1.82, 2.24) is 5.32 Å². The summed E-state index contributed by atoms with van der Waals surface area (Å²) in [6, 6.07) is 8.56. The largest absolute Gasteiger partial charge is 0.480 e.